The topological polar surface area (TPSA) is 29.5 Å². The number of rotatable bonds is 3. The van der Waals surface area contributed by atoms with Crippen molar-refractivity contribution in [2.75, 3.05) is 6.54 Å². The molecule has 0 spiro atoms. The van der Waals surface area contributed by atoms with Gasteiger partial charge in [0, 0.05) is 13.1 Å². The van der Waals surface area contributed by atoms with Gasteiger partial charge in [0.1, 0.15) is 11.5 Å². The van der Waals surface area contributed by atoms with Gasteiger partial charge >= 0.3 is 0 Å². The van der Waals surface area contributed by atoms with Gasteiger partial charge in [0.15, 0.2) is 0 Å². The second-order valence-corrected chi connectivity index (χ2v) is 5.52. The highest BCUT2D eigenvalue weighted by Crippen LogP contribution is 2.30. The third-order valence-electron chi connectivity index (χ3n) is 3.97. The minimum atomic E-state index is -0.0169. The van der Waals surface area contributed by atoms with Crippen LogP contribution in [0.1, 0.15) is 16.7 Å². The molecule has 0 atom stereocenters. The SMILES string of the molecule is C=CC(=O)N1CCc2cc(C)c(Oc3ccccc3)cc2C1. The van der Waals surface area contributed by atoms with E-state index in [1.807, 2.05) is 35.2 Å². The van der Waals surface area contributed by atoms with Crippen molar-refractivity contribution in [3.05, 3.63) is 71.8 Å². The zero-order chi connectivity index (χ0) is 15.5. The summed E-state index contributed by atoms with van der Waals surface area (Å²) in [5, 5.41) is 0. The van der Waals surface area contributed by atoms with E-state index < -0.39 is 0 Å². The lowest BCUT2D eigenvalue weighted by Crippen LogP contribution is -2.34. The molecule has 0 fully saturated rings. The van der Waals surface area contributed by atoms with Crippen molar-refractivity contribution in [2.24, 2.45) is 0 Å². The van der Waals surface area contributed by atoms with E-state index in [2.05, 4.69) is 25.6 Å². The lowest BCUT2D eigenvalue weighted by Gasteiger charge is -2.28. The Hall–Kier alpha value is -2.55. The van der Waals surface area contributed by atoms with Gasteiger partial charge in [0.25, 0.3) is 0 Å². The zero-order valence-corrected chi connectivity index (χ0v) is 12.7. The number of benzene rings is 2. The van der Waals surface area contributed by atoms with Gasteiger partial charge in [-0.1, -0.05) is 30.8 Å². The summed E-state index contributed by atoms with van der Waals surface area (Å²) < 4.78 is 5.97. The molecule has 0 aromatic heterocycles. The predicted octanol–water partition coefficient (Wildman–Crippen LogP) is 3.86. The van der Waals surface area contributed by atoms with E-state index >= 15 is 0 Å². The van der Waals surface area contributed by atoms with E-state index in [0.717, 1.165) is 35.6 Å². The third-order valence-corrected chi connectivity index (χ3v) is 3.97. The number of carbonyl (C=O) groups is 1. The summed E-state index contributed by atoms with van der Waals surface area (Å²) in [5.74, 6) is 1.65. The minimum Gasteiger partial charge on any atom is -0.457 e. The molecule has 3 rings (SSSR count). The van der Waals surface area contributed by atoms with Crippen molar-refractivity contribution in [3.8, 4) is 11.5 Å². The highest BCUT2D eigenvalue weighted by Gasteiger charge is 2.20. The molecule has 0 bridgehead atoms. The van der Waals surface area contributed by atoms with Gasteiger partial charge in [-0.25, -0.2) is 0 Å². The number of aryl methyl sites for hydroxylation is 1. The number of carbonyl (C=O) groups excluding carboxylic acids is 1. The molecule has 0 saturated heterocycles. The van der Waals surface area contributed by atoms with E-state index in [1.54, 1.807) is 0 Å². The summed E-state index contributed by atoms with van der Waals surface area (Å²) in [4.78, 5) is 13.6. The minimum absolute atomic E-state index is 0.0169. The maximum absolute atomic E-state index is 11.8. The van der Waals surface area contributed by atoms with Crippen molar-refractivity contribution < 1.29 is 9.53 Å². The fraction of sp³-hybridized carbons (Fsp3) is 0.211. The molecule has 0 radical (unpaired) electrons. The highest BCUT2D eigenvalue weighted by atomic mass is 16.5. The number of para-hydroxylation sites is 1. The van der Waals surface area contributed by atoms with E-state index in [4.69, 9.17) is 4.74 Å². The summed E-state index contributed by atoms with van der Waals surface area (Å²) in [5.41, 5.74) is 3.56. The first-order valence-electron chi connectivity index (χ1n) is 7.44. The van der Waals surface area contributed by atoms with Gasteiger partial charge in [0.2, 0.25) is 5.91 Å². The summed E-state index contributed by atoms with van der Waals surface area (Å²) in [6, 6.07) is 14.0. The van der Waals surface area contributed by atoms with Crippen LogP contribution in [0.5, 0.6) is 11.5 Å². The second-order valence-electron chi connectivity index (χ2n) is 5.52. The van der Waals surface area contributed by atoms with Crippen LogP contribution in [0.25, 0.3) is 0 Å². The van der Waals surface area contributed by atoms with E-state index in [-0.39, 0.29) is 5.91 Å². The van der Waals surface area contributed by atoms with Crippen molar-refractivity contribution >= 4 is 5.91 Å². The van der Waals surface area contributed by atoms with Crippen LogP contribution in [0, 0.1) is 6.92 Å². The summed E-state index contributed by atoms with van der Waals surface area (Å²) in [6.07, 6.45) is 2.25. The average Bonchev–Trinajstić information content (AvgIpc) is 2.55. The quantitative estimate of drug-likeness (QED) is 0.804. The Labute approximate surface area is 130 Å². The van der Waals surface area contributed by atoms with Crippen LogP contribution >= 0.6 is 0 Å². The average molecular weight is 293 g/mol. The number of hydrogen-bond donors (Lipinski definition) is 0. The van der Waals surface area contributed by atoms with E-state index in [0.29, 0.717) is 6.54 Å². The Balaban J connectivity index is 1.88. The van der Waals surface area contributed by atoms with Gasteiger partial charge in [-0.2, -0.15) is 0 Å². The van der Waals surface area contributed by atoms with Crippen molar-refractivity contribution in [1.82, 2.24) is 4.90 Å². The van der Waals surface area contributed by atoms with E-state index in [1.165, 1.54) is 11.6 Å². The number of amides is 1. The first-order valence-corrected chi connectivity index (χ1v) is 7.44. The smallest absolute Gasteiger partial charge is 0.246 e. The summed E-state index contributed by atoms with van der Waals surface area (Å²) in [7, 11) is 0. The van der Waals surface area contributed by atoms with Crippen LogP contribution in [-0.4, -0.2) is 17.4 Å². The molecular formula is C19H19NO2. The van der Waals surface area contributed by atoms with Crippen molar-refractivity contribution in [3.63, 3.8) is 0 Å². The number of fused-ring (bicyclic) bond motifs is 1. The Bertz CT molecular complexity index is 707. The second kappa shape index (κ2) is 6.06. The Morgan fingerprint density at radius 2 is 2.00 bits per heavy atom. The normalized spacial score (nSPS) is 13.4. The molecule has 112 valence electrons. The lowest BCUT2D eigenvalue weighted by molar-refractivity contribution is -0.126. The van der Waals surface area contributed by atoms with Crippen LogP contribution in [0.2, 0.25) is 0 Å². The van der Waals surface area contributed by atoms with Crippen LogP contribution < -0.4 is 4.74 Å². The number of hydrogen-bond acceptors (Lipinski definition) is 2. The predicted molar refractivity (Wildman–Crippen MR) is 87.0 cm³/mol. The zero-order valence-electron chi connectivity index (χ0n) is 12.7. The molecule has 2 aromatic rings. The lowest BCUT2D eigenvalue weighted by atomic mass is 9.97. The van der Waals surface area contributed by atoms with Gasteiger partial charge in [-0.05, 0) is 54.3 Å². The highest BCUT2D eigenvalue weighted by molar-refractivity contribution is 5.87. The van der Waals surface area contributed by atoms with Crippen LogP contribution in [0.4, 0.5) is 0 Å². The van der Waals surface area contributed by atoms with Crippen molar-refractivity contribution in [2.45, 2.75) is 19.9 Å². The molecule has 0 aliphatic carbocycles. The Morgan fingerprint density at radius 3 is 2.73 bits per heavy atom. The maximum atomic E-state index is 11.8. The molecule has 3 heteroatoms. The first-order chi connectivity index (χ1) is 10.7. The maximum Gasteiger partial charge on any atom is 0.246 e. The number of ether oxygens (including phenoxy) is 1. The molecule has 1 aliphatic rings. The van der Waals surface area contributed by atoms with Gasteiger partial charge in [-0.15, -0.1) is 0 Å². The standard InChI is InChI=1S/C19H19NO2/c1-3-19(21)20-10-9-15-11-14(2)18(12-16(15)13-20)22-17-7-5-4-6-8-17/h3-8,11-12H,1,9-10,13H2,2H3. The van der Waals surface area contributed by atoms with Gasteiger partial charge in [-0.3, -0.25) is 4.79 Å². The largest absolute Gasteiger partial charge is 0.457 e. The molecule has 2 aromatic carbocycles. The molecular weight excluding hydrogens is 274 g/mol. The molecule has 0 N–H and O–H groups in total. The van der Waals surface area contributed by atoms with Crippen molar-refractivity contribution in [1.29, 1.82) is 0 Å². The monoisotopic (exact) mass is 293 g/mol. The molecule has 22 heavy (non-hydrogen) atoms. The van der Waals surface area contributed by atoms with Gasteiger partial charge < -0.3 is 9.64 Å². The Kier molecular flexibility index (Phi) is 3.96. The molecule has 3 nitrogen and oxygen atoms in total. The van der Waals surface area contributed by atoms with Crippen LogP contribution in [0.3, 0.4) is 0 Å². The molecule has 0 unspecified atom stereocenters. The Morgan fingerprint density at radius 1 is 1.23 bits per heavy atom. The third kappa shape index (κ3) is 2.89. The first kappa shape index (κ1) is 14.4. The molecule has 1 aliphatic heterocycles. The van der Waals surface area contributed by atoms with Crippen LogP contribution in [-0.2, 0) is 17.8 Å². The van der Waals surface area contributed by atoms with Gasteiger partial charge in [0.05, 0.1) is 0 Å². The number of nitrogens with zero attached hydrogens (tertiary/aromatic N) is 1. The molecule has 1 heterocycles. The van der Waals surface area contributed by atoms with Crippen LogP contribution in [0.15, 0.2) is 55.1 Å². The summed E-state index contributed by atoms with van der Waals surface area (Å²) >= 11 is 0. The van der Waals surface area contributed by atoms with E-state index in [9.17, 15) is 4.79 Å². The fourth-order valence-corrected chi connectivity index (χ4v) is 2.75. The fourth-order valence-electron chi connectivity index (χ4n) is 2.75. The molecule has 1 amide bonds. The molecule has 0 saturated carbocycles. The summed E-state index contributed by atoms with van der Waals surface area (Å²) in [6.45, 7) is 6.98.